The van der Waals surface area contributed by atoms with Crippen LogP contribution in [0.1, 0.15) is 49.1 Å². The average Bonchev–Trinajstić information content (AvgIpc) is 3.43. The van der Waals surface area contributed by atoms with Gasteiger partial charge in [0.1, 0.15) is 29.7 Å². The van der Waals surface area contributed by atoms with Gasteiger partial charge in [0, 0.05) is 24.6 Å². The van der Waals surface area contributed by atoms with Gasteiger partial charge in [-0.2, -0.15) is 15.4 Å². The monoisotopic (exact) mass is 449 g/mol. The predicted octanol–water partition coefficient (Wildman–Crippen LogP) is -0.310. The van der Waals surface area contributed by atoms with Crippen molar-refractivity contribution in [2.24, 2.45) is 0 Å². The second-order valence-electron chi connectivity index (χ2n) is 8.63. The molecule has 4 atom stereocenters. The zero-order chi connectivity index (χ0) is 22.3. The van der Waals surface area contributed by atoms with Gasteiger partial charge in [0.05, 0.1) is 19.8 Å². The van der Waals surface area contributed by atoms with E-state index in [4.69, 9.17) is 18.9 Å². The van der Waals surface area contributed by atoms with Crippen LogP contribution in [-0.4, -0.2) is 67.1 Å². The summed E-state index contributed by atoms with van der Waals surface area (Å²) < 4.78 is 25.1. The fourth-order valence-corrected chi connectivity index (χ4v) is 4.65. The van der Waals surface area contributed by atoms with E-state index in [2.05, 4.69) is 20.4 Å². The minimum atomic E-state index is -1.05. The van der Waals surface area contributed by atoms with Crippen molar-refractivity contribution < 1.29 is 24.1 Å². The van der Waals surface area contributed by atoms with Crippen molar-refractivity contribution in [2.45, 2.75) is 82.6 Å². The van der Waals surface area contributed by atoms with E-state index in [0.717, 1.165) is 25.7 Å². The van der Waals surface area contributed by atoms with Gasteiger partial charge in [-0.15, -0.1) is 0 Å². The third kappa shape index (κ3) is 4.04. The van der Waals surface area contributed by atoms with Crippen molar-refractivity contribution in [3.8, 4) is 0 Å². The van der Waals surface area contributed by atoms with E-state index in [0.29, 0.717) is 17.0 Å². The summed E-state index contributed by atoms with van der Waals surface area (Å²) in [5, 5.41) is 21.0. The fourth-order valence-electron chi connectivity index (χ4n) is 4.65. The topological polar surface area (TPSA) is 154 Å². The Morgan fingerprint density at radius 1 is 1.19 bits per heavy atom. The van der Waals surface area contributed by atoms with Crippen molar-refractivity contribution in [2.75, 3.05) is 6.61 Å². The molecule has 5 rings (SSSR count). The number of aryl methyl sites for hydroxylation is 1. The maximum absolute atomic E-state index is 12.0. The highest BCUT2D eigenvalue weighted by atomic mass is 16.8. The van der Waals surface area contributed by atoms with Crippen LogP contribution in [0.3, 0.4) is 0 Å². The molecule has 32 heavy (non-hydrogen) atoms. The Morgan fingerprint density at radius 3 is 2.75 bits per heavy atom. The number of aliphatic hydroxyl groups is 1. The van der Waals surface area contributed by atoms with Crippen molar-refractivity contribution >= 4 is 0 Å². The molecule has 2 aromatic heterocycles. The number of nitrogens with zero attached hydrogens (tertiary/aromatic N) is 3. The Bertz CT molecular complexity index is 1070. The summed E-state index contributed by atoms with van der Waals surface area (Å²) in [4.78, 5) is 25.9. The molecule has 1 spiro atoms. The van der Waals surface area contributed by atoms with Crippen LogP contribution in [-0.2, 0) is 32.1 Å². The van der Waals surface area contributed by atoms with Crippen LogP contribution in [0, 0.1) is 6.92 Å². The summed E-state index contributed by atoms with van der Waals surface area (Å²) in [5.74, 6) is -0.613. The zero-order valence-electron chi connectivity index (χ0n) is 17.8. The summed E-state index contributed by atoms with van der Waals surface area (Å²) in [7, 11) is 0. The van der Waals surface area contributed by atoms with E-state index in [9.17, 15) is 14.7 Å². The molecule has 0 amide bonds. The Hall–Kier alpha value is -2.38. The molecule has 2 saturated heterocycles. The molecule has 0 aromatic carbocycles. The molecule has 174 valence electrons. The van der Waals surface area contributed by atoms with Gasteiger partial charge in [-0.1, -0.05) is 6.42 Å². The molecule has 2 aliphatic heterocycles. The fraction of sp³-hybridized carbons (Fsp3) is 0.700. The van der Waals surface area contributed by atoms with Gasteiger partial charge in [0.2, 0.25) is 0 Å². The summed E-state index contributed by atoms with van der Waals surface area (Å²) >= 11 is 0. The molecular formula is C20H27N5O7. The number of hydrogen-bond acceptors (Lipinski definition) is 9. The second kappa shape index (κ2) is 8.52. The standard InChI is InChI=1S/C20H27N5O7/c1-11-7-25(19(28)21-17(11)26)8-12-13(23-24-22-12)9-29-10-14-15-16(18(27)30-14)32-20(31-15)5-3-2-4-6-20/h7,14-16,18,27H,2-6,8-10H2,1H3,(H,21,26,28)(H,22,23,24)/t14-,15-,16-,18-/m1/s1. The molecule has 3 aliphatic rings. The van der Waals surface area contributed by atoms with Gasteiger partial charge in [-0.05, 0) is 19.8 Å². The van der Waals surface area contributed by atoms with Gasteiger partial charge in [-0.3, -0.25) is 14.3 Å². The van der Waals surface area contributed by atoms with E-state index in [1.54, 1.807) is 6.92 Å². The Balaban J connectivity index is 1.20. The van der Waals surface area contributed by atoms with Crippen LogP contribution in [0.15, 0.2) is 15.8 Å². The van der Waals surface area contributed by atoms with Crippen molar-refractivity contribution in [3.63, 3.8) is 0 Å². The SMILES string of the molecule is Cc1cn(Cc2n[nH]nc2COC[C@H]2O[C@@H](O)[C@@H]3OC4(CCCCC4)O[C@@H]32)c(=O)[nH]c1=O. The van der Waals surface area contributed by atoms with Crippen LogP contribution >= 0.6 is 0 Å². The van der Waals surface area contributed by atoms with Crippen molar-refractivity contribution in [1.82, 2.24) is 25.0 Å². The number of aromatic amines is 2. The largest absolute Gasteiger partial charge is 0.372 e. The first kappa shape index (κ1) is 21.5. The first-order valence-electron chi connectivity index (χ1n) is 10.9. The number of H-pyrrole nitrogens is 2. The first-order valence-corrected chi connectivity index (χ1v) is 10.9. The van der Waals surface area contributed by atoms with E-state index >= 15 is 0 Å². The van der Waals surface area contributed by atoms with Gasteiger partial charge >= 0.3 is 5.69 Å². The number of nitrogens with one attached hydrogen (secondary N) is 2. The van der Waals surface area contributed by atoms with Crippen molar-refractivity contribution in [3.05, 3.63) is 44.0 Å². The van der Waals surface area contributed by atoms with Gasteiger partial charge < -0.3 is 24.1 Å². The van der Waals surface area contributed by atoms with Crippen LogP contribution < -0.4 is 11.2 Å². The lowest BCUT2D eigenvalue weighted by Crippen LogP contribution is -2.37. The molecule has 1 saturated carbocycles. The molecule has 0 bridgehead atoms. The Morgan fingerprint density at radius 2 is 1.94 bits per heavy atom. The molecule has 0 radical (unpaired) electrons. The number of aromatic nitrogens is 5. The lowest BCUT2D eigenvalue weighted by molar-refractivity contribution is -0.250. The summed E-state index contributed by atoms with van der Waals surface area (Å²) in [5.41, 5.74) is 0.533. The summed E-state index contributed by atoms with van der Waals surface area (Å²) in [6.07, 6.45) is 3.98. The van der Waals surface area contributed by atoms with Crippen LogP contribution in [0.2, 0.25) is 0 Å². The number of fused-ring (bicyclic) bond motifs is 1. The summed E-state index contributed by atoms with van der Waals surface area (Å²) in [6, 6.07) is 0. The Kier molecular flexibility index (Phi) is 5.72. The molecule has 12 nitrogen and oxygen atoms in total. The summed E-state index contributed by atoms with van der Waals surface area (Å²) in [6.45, 7) is 2.07. The normalized spacial score (nSPS) is 28.9. The minimum absolute atomic E-state index is 0.127. The number of aliphatic hydroxyl groups excluding tert-OH is 1. The lowest BCUT2D eigenvalue weighted by atomic mass is 9.94. The van der Waals surface area contributed by atoms with Crippen molar-refractivity contribution in [1.29, 1.82) is 0 Å². The van der Waals surface area contributed by atoms with Gasteiger partial charge in [-0.25, -0.2) is 4.79 Å². The smallest absolute Gasteiger partial charge is 0.328 e. The molecule has 4 heterocycles. The molecule has 1 aliphatic carbocycles. The molecule has 3 N–H and O–H groups in total. The van der Waals surface area contributed by atoms with E-state index in [1.165, 1.54) is 17.2 Å². The number of ether oxygens (including phenoxy) is 4. The molecular weight excluding hydrogens is 422 g/mol. The number of rotatable bonds is 6. The van der Waals surface area contributed by atoms with Gasteiger partial charge in [0.25, 0.3) is 5.56 Å². The van der Waals surface area contributed by atoms with Crippen LogP contribution in [0.25, 0.3) is 0 Å². The quantitative estimate of drug-likeness (QED) is 0.539. The highest BCUT2D eigenvalue weighted by Gasteiger charge is 2.57. The molecule has 3 fully saturated rings. The van der Waals surface area contributed by atoms with Crippen LogP contribution in [0.5, 0.6) is 0 Å². The highest BCUT2D eigenvalue weighted by Crippen LogP contribution is 2.45. The molecule has 12 heteroatoms. The average molecular weight is 449 g/mol. The lowest BCUT2D eigenvalue weighted by Gasteiger charge is -2.33. The molecule has 2 aromatic rings. The highest BCUT2D eigenvalue weighted by molar-refractivity contribution is 5.10. The van der Waals surface area contributed by atoms with E-state index < -0.39 is 35.5 Å². The van der Waals surface area contributed by atoms with E-state index in [-0.39, 0.29) is 25.9 Å². The third-order valence-corrected chi connectivity index (χ3v) is 6.34. The van der Waals surface area contributed by atoms with Crippen LogP contribution in [0.4, 0.5) is 0 Å². The number of hydrogen-bond donors (Lipinski definition) is 3. The first-order chi connectivity index (χ1) is 15.4. The third-order valence-electron chi connectivity index (χ3n) is 6.34. The zero-order valence-corrected chi connectivity index (χ0v) is 17.8. The molecule has 0 unspecified atom stereocenters. The second-order valence-corrected chi connectivity index (χ2v) is 8.63. The predicted molar refractivity (Wildman–Crippen MR) is 108 cm³/mol. The van der Waals surface area contributed by atoms with Gasteiger partial charge in [0.15, 0.2) is 12.1 Å². The Labute approximate surface area is 182 Å². The minimum Gasteiger partial charge on any atom is -0.372 e. The maximum atomic E-state index is 12.0. The van der Waals surface area contributed by atoms with E-state index in [1.807, 2.05) is 0 Å². The maximum Gasteiger partial charge on any atom is 0.328 e.